The smallest absolute Gasteiger partial charge is 0.410 e. The molecule has 2 fully saturated rings. The second kappa shape index (κ2) is 9.88. The van der Waals surface area contributed by atoms with Crippen molar-refractivity contribution in [3.8, 4) is 0 Å². The highest BCUT2D eigenvalue weighted by Crippen LogP contribution is 2.32. The topological polar surface area (TPSA) is 118 Å². The number of morpholine rings is 1. The zero-order chi connectivity index (χ0) is 25.4. The minimum Gasteiger partial charge on any atom is -0.444 e. The number of ether oxygens (including phenoxy) is 2. The normalized spacial score (nSPS) is 21.8. The molecule has 190 valence electrons. The molecule has 1 unspecified atom stereocenters. The first-order chi connectivity index (χ1) is 16.5. The average Bonchev–Trinajstić information content (AvgIpc) is 3.27. The van der Waals surface area contributed by atoms with Gasteiger partial charge in [-0.25, -0.2) is 13.2 Å². The summed E-state index contributed by atoms with van der Waals surface area (Å²) >= 11 is 6.27. The monoisotopic (exact) mass is 524 g/mol. The third kappa shape index (κ3) is 5.69. The number of fused-ring (bicyclic) bond motifs is 1. The molecule has 2 aromatic rings. The molecule has 4 rings (SSSR count). The highest BCUT2D eigenvalue weighted by Gasteiger charge is 2.37. The zero-order valence-electron chi connectivity index (χ0n) is 19.9. The van der Waals surface area contributed by atoms with Crippen LogP contribution in [0.4, 0.5) is 4.79 Å². The minimum absolute atomic E-state index is 0.0675. The summed E-state index contributed by atoms with van der Waals surface area (Å²) in [6.45, 7) is 6.31. The summed E-state index contributed by atoms with van der Waals surface area (Å²) in [4.78, 5) is 30.8. The molecule has 3 heterocycles. The highest BCUT2D eigenvalue weighted by atomic mass is 35.5. The maximum absolute atomic E-state index is 13.4. The van der Waals surface area contributed by atoms with Crippen molar-refractivity contribution in [2.75, 3.05) is 32.8 Å². The van der Waals surface area contributed by atoms with Crippen LogP contribution < -0.4 is 5.32 Å². The first kappa shape index (κ1) is 25.6. The predicted molar refractivity (Wildman–Crippen MR) is 130 cm³/mol. The van der Waals surface area contributed by atoms with Crippen molar-refractivity contribution in [1.29, 1.82) is 0 Å². The van der Waals surface area contributed by atoms with Crippen LogP contribution in [0.15, 0.2) is 35.5 Å². The summed E-state index contributed by atoms with van der Waals surface area (Å²) in [6, 6.07) is 4.55. The van der Waals surface area contributed by atoms with Gasteiger partial charge in [0.15, 0.2) is 6.10 Å². The zero-order valence-corrected chi connectivity index (χ0v) is 21.4. The van der Waals surface area contributed by atoms with Crippen LogP contribution in [-0.4, -0.2) is 85.1 Å². The van der Waals surface area contributed by atoms with Crippen LogP contribution in [0.2, 0.25) is 5.02 Å². The fraction of sp³-hybridized carbons (Fsp3) is 0.522. The van der Waals surface area contributed by atoms with Crippen molar-refractivity contribution in [1.82, 2.24) is 19.5 Å². The van der Waals surface area contributed by atoms with Crippen LogP contribution in [0.25, 0.3) is 10.8 Å². The van der Waals surface area contributed by atoms with Crippen LogP contribution in [0.3, 0.4) is 0 Å². The number of nitrogens with zero attached hydrogens (tertiary/aromatic N) is 3. The summed E-state index contributed by atoms with van der Waals surface area (Å²) in [6.07, 6.45) is 2.08. The van der Waals surface area contributed by atoms with Crippen molar-refractivity contribution in [3.05, 3.63) is 35.6 Å². The van der Waals surface area contributed by atoms with Gasteiger partial charge in [-0.1, -0.05) is 23.7 Å². The van der Waals surface area contributed by atoms with Crippen molar-refractivity contribution in [2.24, 2.45) is 0 Å². The van der Waals surface area contributed by atoms with Gasteiger partial charge in [0.1, 0.15) is 5.60 Å². The van der Waals surface area contributed by atoms with E-state index in [0.29, 0.717) is 23.7 Å². The van der Waals surface area contributed by atoms with E-state index in [0.717, 1.165) is 0 Å². The van der Waals surface area contributed by atoms with Crippen molar-refractivity contribution >= 4 is 44.4 Å². The third-order valence-electron chi connectivity index (χ3n) is 5.82. The standard InChI is InChI=1S/C23H29ClN4O6S/c1-23(2,3)34-22(30)27-9-10-33-18(14-27)21(29)26-16-7-8-28(13-16)35(31,32)19-6-4-5-15-11-25-12-17(24)20(15)19/h4-6,11-12,16,18H,7-10,13-14H2,1-3H3,(H,26,29)/t16-,18?/m0/s1. The van der Waals surface area contributed by atoms with E-state index in [2.05, 4.69) is 10.3 Å². The number of pyridine rings is 1. The number of sulfonamides is 1. The average molecular weight is 525 g/mol. The molecule has 2 atom stereocenters. The van der Waals surface area contributed by atoms with Gasteiger partial charge in [0.2, 0.25) is 10.0 Å². The van der Waals surface area contributed by atoms with Gasteiger partial charge in [0, 0.05) is 48.8 Å². The molecule has 0 spiro atoms. The van der Waals surface area contributed by atoms with Crippen LogP contribution in [-0.2, 0) is 24.3 Å². The van der Waals surface area contributed by atoms with E-state index in [4.69, 9.17) is 21.1 Å². The maximum Gasteiger partial charge on any atom is 0.410 e. The number of amides is 2. The van der Waals surface area contributed by atoms with Gasteiger partial charge in [-0.15, -0.1) is 0 Å². The molecule has 1 N–H and O–H groups in total. The Bertz CT molecular complexity index is 1230. The van der Waals surface area contributed by atoms with E-state index < -0.39 is 27.8 Å². The number of halogens is 1. The Morgan fingerprint density at radius 2 is 1.97 bits per heavy atom. The number of hydrogen-bond donors (Lipinski definition) is 1. The van der Waals surface area contributed by atoms with Crippen molar-refractivity contribution < 1.29 is 27.5 Å². The van der Waals surface area contributed by atoms with Gasteiger partial charge in [-0.2, -0.15) is 4.31 Å². The lowest BCUT2D eigenvalue weighted by Crippen LogP contribution is -2.54. The molecule has 35 heavy (non-hydrogen) atoms. The molecule has 10 nitrogen and oxygen atoms in total. The summed E-state index contributed by atoms with van der Waals surface area (Å²) < 4.78 is 39.1. The lowest BCUT2D eigenvalue weighted by molar-refractivity contribution is -0.138. The van der Waals surface area contributed by atoms with Crippen molar-refractivity contribution in [3.63, 3.8) is 0 Å². The van der Waals surface area contributed by atoms with Crippen LogP contribution >= 0.6 is 11.6 Å². The Hall–Kier alpha value is -2.47. The van der Waals surface area contributed by atoms with E-state index in [1.54, 1.807) is 39.1 Å². The summed E-state index contributed by atoms with van der Waals surface area (Å²) in [5.41, 5.74) is -0.642. The molecule has 2 amide bonds. The fourth-order valence-electron chi connectivity index (χ4n) is 4.17. The van der Waals surface area contributed by atoms with Gasteiger partial charge < -0.3 is 19.7 Å². The Labute approximate surface area is 209 Å². The predicted octanol–water partition coefficient (Wildman–Crippen LogP) is 2.40. The Balaban J connectivity index is 1.40. The van der Waals surface area contributed by atoms with Gasteiger partial charge >= 0.3 is 6.09 Å². The molecule has 2 aliphatic rings. The number of carbonyl (C=O) groups is 2. The SMILES string of the molecule is CC(C)(C)OC(=O)N1CCOC(C(=O)N[C@H]2CCN(S(=O)(=O)c3cccc4cncc(Cl)c34)C2)C1. The second-order valence-corrected chi connectivity index (χ2v) is 11.9. The van der Waals surface area contributed by atoms with Crippen LogP contribution in [0.1, 0.15) is 27.2 Å². The van der Waals surface area contributed by atoms with Gasteiger partial charge in [-0.05, 0) is 33.3 Å². The lowest BCUT2D eigenvalue weighted by Gasteiger charge is -2.34. The number of rotatable bonds is 4. The largest absolute Gasteiger partial charge is 0.444 e. The minimum atomic E-state index is -3.85. The molecule has 0 bridgehead atoms. The summed E-state index contributed by atoms with van der Waals surface area (Å²) in [5.74, 6) is -0.387. The number of nitrogens with one attached hydrogen (secondary N) is 1. The van der Waals surface area contributed by atoms with E-state index in [9.17, 15) is 18.0 Å². The molecule has 2 saturated heterocycles. The fourth-order valence-corrected chi connectivity index (χ4v) is 6.23. The first-order valence-corrected chi connectivity index (χ1v) is 13.2. The van der Waals surface area contributed by atoms with E-state index in [1.165, 1.54) is 21.5 Å². The molecule has 12 heteroatoms. The summed E-state index contributed by atoms with van der Waals surface area (Å²) in [7, 11) is -3.85. The molecule has 1 aromatic heterocycles. The molecule has 0 aliphatic carbocycles. The molecule has 0 saturated carbocycles. The van der Waals surface area contributed by atoms with E-state index in [-0.39, 0.29) is 48.1 Å². The Morgan fingerprint density at radius 1 is 1.20 bits per heavy atom. The maximum atomic E-state index is 13.4. The third-order valence-corrected chi connectivity index (χ3v) is 8.02. The lowest BCUT2D eigenvalue weighted by atomic mass is 10.2. The molecular weight excluding hydrogens is 496 g/mol. The van der Waals surface area contributed by atoms with Crippen molar-refractivity contribution in [2.45, 2.75) is 49.8 Å². The van der Waals surface area contributed by atoms with Gasteiger partial charge in [0.25, 0.3) is 5.91 Å². The Morgan fingerprint density at radius 3 is 2.71 bits per heavy atom. The quantitative estimate of drug-likeness (QED) is 0.652. The number of carbonyl (C=O) groups excluding carboxylic acids is 2. The molecular formula is C23H29ClN4O6S. The first-order valence-electron chi connectivity index (χ1n) is 11.4. The van der Waals surface area contributed by atoms with Gasteiger partial charge in [-0.3, -0.25) is 9.78 Å². The molecule has 1 aromatic carbocycles. The number of hydrogen-bond acceptors (Lipinski definition) is 7. The number of benzene rings is 1. The van der Waals surface area contributed by atoms with E-state index >= 15 is 0 Å². The highest BCUT2D eigenvalue weighted by molar-refractivity contribution is 7.89. The van der Waals surface area contributed by atoms with Gasteiger partial charge in [0.05, 0.1) is 23.1 Å². The van der Waals surface area contributed by atoms with Crippen LogP contribution in [0.5, 0.6) is 0 Å². The molecule has 0 radical (unpaired) electrons. The van der Waals surface area contributed by atoms with Crippen LogP contribution in [0, 0.1) is 0 Å². The number of aromatic nitrogens is 1. The molecule has 2 aliphatic heterocycles. The van der Waals surface area contributed by atoms with E-state index in [1.807, 2.05) is 0 Å². The Kier molecular flexibility index (Phi) is 7.23. The summed E-state index contributed by atoms with van der Waals surface area (Å²) in [5, 5.41) is 4.19. The second-order valence-electron chi connectivity index (χ2n) is 9.62.